The van der Waals surface area contributed by atoms with E-state index >= 15 is 0 Å². The van der Waals surface area contributed by atoms with Gasteiger partial charge in [0.25, 0.3) is 0 Å². The number of hydrogen-bond acceptors (Lipinski definition) is 3. The quantitative estimate of drug-likeness (QED) is 0.903. The molecule has 4 nitrogen and oxygen atoms in total. The van der Waals surface area contributed by atoms with Crippen molar-refractivity contribution in [2.24, 2.45) is 11.8 Å². The molecule has 1 aromatic carbocycles. The van der Waals surface area contributed by atoms with Crippen LogP contribution in [-0.2, 0) is 16.0 Å². The highest BCUT2D eigenvalue weighted by molar-refractivity contribution is 5.79. The first-order valence-electron chi connectivity index (χ1n) is 7.77. The summed E-state index contributed by atoms with van der Waals surface area (Å²) >= 11 is 0. The van der Waals surface area contributed by atoms with Crippen LogP contribution in [0.15, 0.2) is 24.3 Å². The molecule has 1 saturated carbocycles. The van der Waals surface area contributed by atoms with Gasteiger partial charge in [0, 0.05) is 30.0 Å². The molecule has 0 aromatic heterocycles. The SMILES string of the molecule is CC[C@@H]1[C@@H](NC(=O)Cc2ccccc2OC)[C@@H]2CCO[C@H]12. The van der Waals surface area contributed by atoms with E-state index in [0.717, 1.165) is 30.8 Å². The molecule has 3 rings (SSSR count). The third-order valence-corrected chi connectivity index (χ3v) is 4.87. The van der Waals surface area contributed by atoms with Gasteiger partial charge in [-0.15, -0.1) is 0 Å². The maximum absolute atomic E-state index is 12.3. The Labute approximate surface area is 125 Å². The average Bonchev–Trinajstić information content (AvgIpc) is 2.90. The van der Waals surface area contributed by atoms with E-state index in [9.17, 15) is 4.79 Å². The summed E-state index contributed by atoms with van der Waals surface area (Å²) in [6.07, 6.45) is 2.86. The molecule has 1 aliphatic heterocycles. The highest BCUT2D eigenvalue weighted by Crippen LogP contribution is 2.45. The lowest BCUT2D eigenvalue weighted by Crippen LogP contribution is -2.61. The van der Waals surface area contributed by atoms with Gasteiger partial charge in [-0.05, 0) is 18.9 Å². The standard InChI is InChI=1S/C17H23NO3/c1-3-12-16(13-8-9-21-17(12)13)18-15(19)10-11-6-4-5-7-14(11)20-2/h4-7,12-13,16-17H,3,8-10H2,1-2H3,(H,18,19)/t12-,13+,16-,17-/m1/s1. The van der Waals surface area contributed by atoms with Gasteiger partial charge in [0.05, 0.1) is 19.6 Å². The van der Waals surface area contributed by atoms with Crippen molar-refractivity contribution in [3.8, 4) is 5.75 Å². The van der Waals surface area contributed by atoms with Crippen LogP contribution >= 0.6 is 0 Å². The Morgan fingerprint density at radius 3 is 3.00 bits per heavy atom. The molecule has 1 aromatic rings. The minimum Gasteiger partial charge on any atom is -0.496 e. The van der Waals surface area contributed by atoms with E-state index in [1.54, 1.807) is 7.11 Å². The summed E-state index contributed by atoms with van der Waals surface area (Å²) in [7, 11) is 1.64. The van der Waals surface area contributed by atoms with Gasteiger partial charge in [0.2, 0.25) is 5.91 Å². The third-order valence-electron chi connectivity index (χ3n) is 4.87. The molecule has 4 heteroatoms. The summed E-state index contributed by atoms with van der Waals surface area (Å²) in [4.78, 5) is 12.3. The molecule has 0 bridgehead atoms. The summed E-state index contributed by atoms with van der Waals surface area (Å²) in [6.45, 7) is 3.01. The number of methoxy groups -OCH3 is 1. The molecule has 0 radical (unpaired) electrons. The second-order valence-electron chi connectivity index (χ2n) is 5.94. The zero-order chi connectivity index (χ0) is 14.8. The zero-order valence-corrected chi connectivity index (χ0v) is 12.7. The number of fused-ring (bicyclic) bond motifs is 1. The Balaban J connectivity index is 1.61. The van der Waals surface area contributed by atoms with Gasteiger partial charge in [0.1, 0.15) is 5.75 Å². The molecule has 1 heterocycles. The van der Waals surface area contributed by atoms with Crippen LogP contribution in [-0.4, -0.2) is 31.8 Å². The lowest BCUT2D eigenvalue weighted by molar-refractivity contribution is -0.126. The number of hydrogen-bond donors (Lipinski definition) is 1. The Hall–Kier alpha value is -1.55. The summed E-state index contributed by atoms with van der Waals surface area (Å²) in [5.74, 6) is 1.83. The van der Waals surface area contributed by atoms with Gasteiger partial charge in [-0.25, -0.2) is 0 Å². The number of amides is 1. The highest BCUT2D eigenvalue weighted by Gasteiger charge is 2.53. The topological polar surface area (TPSA) is 47.6 Å². The fraction of sp³-hybridized carbons (Fsp3) is 0.588. The van der Waals surface area contributed by atoms with Crippen molar-refractivity contribution in [1.82, 2.24) is 5.32 Å². The van der Waals surface area contributed by atoms with Crippen molar-refractivity contribution < 1.29 is 14.3 Å². The molecular formula is C17H23NO3. The van der Waals surface area contributed by atoms with Crippen LogP contribution in [0, 0.1) is 11.8 Å². The largest absolute Gasteiger partial charge is 0.496 e. The predicted octanol–water partition coefficient (Wildman–Crippen LogP) is 2.17. The van der Waals surface area contributed by atoms with Gasteiger partial charge in [-0.3, -0.25) is 4.79 Å². The minimum atomic E-state index is 0.0771. The maximum Gasteiger partial charge on any atom is 0.224 e. The number of ether oxygens (including phenoxy) is 2. The van der Waals surface area contributed by atoms with Crippen molar-refractivity contribution in [3.05, 3.63) is 29.8 Å². The molecule has 1 amide bonds. The van der Waals surface area contributed by atoms with Gasteiger partial charge in [-0.1, -0.05) is 25.1 Å². The van der Waals surface area contributed by atoms with Crippen LogP contribution in [0.1, 0.15) is 25.3 Å². The molecule has 2 fully saturated rings. The average molecular weight is 289 g/mol. The van der Waals surface area contributed by atoms with Crippen molar-refractivity contribution in [1.29, 1.82) is 0 Å². The van der Waals surface area contributed by atoms with E-state index < -0.39 is 0 Å². The summed E-state index contributed by atoms with van der Waals surface area (Å²) in [5, 5.41) is 3.21. The number of carbonyl (C=O) groups excluding carboxylic acids is 1. The summed E-state index contributed by atoms with van der Waals surface area (Å²) in [6, 6.07) is 7.97. The van der Waals surface area contributed by atoms with Crippen molar-refractivity contribution in [3.63, 3.8) is 0 Å². The first-order chi connectivity index (χ1) is 10.2. The van der Waals surface area contributed by atoms with E-state index in [1.807, 2.05) is 24.3 Å². The molecule has 1 N–H and O–H groups in total. The van der Waals surface area contributed by atoms with Crippen LogP contribution in [0.5, 0.6) is 5.75 Å². The first kappa shape index (κ1) is 14.4. The number of nitrogens with one attached hydrogen (secondary N) is 1. The monoisotopic (exact) mass is 289 g/mol. The Bertz CT molecular complexity index is 517. The molecule has 0 unspecified atom stereocenters. The smallest absolute Gasteiger partial charge is 0.224 e. The van der Waals surface area contributed by atoms with E-state index in [2.05, 4.69) is 12.2 Å². The summed E-state index contributed by atoms with van der Waals surface area (Å²) in [5.41, 5.74) is 0.934. The van der Waals surface area contributed by atoms with Crippen LogP contribution in [0.4, 0.5) is 0 Å². The van der Waals surface area contributed by atoms with E-state index in [1.165, 1.54) is 0 Å². The lowest BCUT2D eigenvalue weighted by Gasteiger charge is -2.47. The minimum absolute atomic E-state index is 0.0771. The van der Waals surface area contributed by atoms with E-state index in [-0.39, 0.29) is 11.9 Å². The molecule has 21 heavy (non-hydrogen) atoms. The van der Waals surface area contributed by atoms with Crippen molar-refractivity contribution >= 4 is 5.91 Å². The van der Waals surface area contributed by atoms with Gasteiger partial charge in [0.15, 0.2) is 0 Å². The fourth-order valence-electron chi connectivity index (χ4n) is 3.79. The van der Waals surface area contributed by atoms with Crippen LogP contribution in [0.3, 0.4) is 0 Å². The van der Waals surface area contributed by atoms with Crippen LogP contribution in [0.25, 0.3) is 0 Å². The van der Waals surface area contributed by atoms with Gasteiger partial charge >= 0.3 is 0 Å². The van der Waals surface area contributed by atoms with Crippen LogP contribution < -0.4 is 10.1 Å². The molecule has 1 saturated heterocycles. The molecule has 0 spiro atoms. The number of para-hydroxylation sites is 1. The molecule has 1 aliphatic carbocycles. The van der Waals surface area contributed by atoms with Gasteiger partial charge in [-0.2, -0.15) is 0 Å². The van der Waals surface area contributed by atoms with Gasteiger partial charge < -0.3 is 14.8 Å². The summed E-state index contributed by atoms with van der Waals surface area (Å²) < 4.78 is 11.1. The van der Waals surface area contributed by atoms with Crippen molar-refractivity contribution in [2.45, 2.75) is 38.3 Å². The van der Waals surface area contributed by atoms with E-state index in [4.69, 9.17) is 9.47 Å². The number of benzene rings is 1. The Kier molecular flexibility index (Phi) is 4.15. The van der Waals surface area contributed by atoms with Crippen molar-refractivity contribution in [2.75, 3.05) is 13.7 Å². The molecule has 2 aliphatic rings. The second-order valence-corrected chi connectivity index (χ2v) is 5.94. The number of carbonyl (C=O) groups is 1. The molecule has 114 valence electrons. The highest BCUT2D eigenvalue weighted by atomic mass is 16.5. The fourth-order valence-corrected chi connectivity index (χ4v) is 3.79. The molecule has 4 atom stereocenters. The van der Waals surface area contributed by atoms with Crippen LogP contribution in [0.2, 0.25) is 0 Å². The first-order valence-corrected chi connectivity index (χ1v) is 7.77. The number of rotatable bonds is 5. The lowest BCUT2D eigenvalue weighted by atomic mass is 9.65. The normalized spacial score (nSPS) is 30.4. The Morgan fingerprint density at radius 1 is 1.43 bits per heavy atom. The predicted molar refractivity (Wildman–Crippen MR) is 80.3 cm³/mol. The molecular weight excluding hydrogens is 266 g/mol. The zero-order valence-electron chi connectivity index (χ0n) is 12.7. The third kappa shape index (κ3) is 2.64. The Morgan fingerprint density at radius 2 is 2.24 bits per heavy atom. The van der Waals surface area contributed by atoms with E-state index in [0.29, 0.717) is 24.4 Å². The second kappa shape index (κ2) is 6.06. The maximum atomic E-state index is 12.3.